The number of para-hydroxylation sites is 2. The lowest BCUT2D eigenvalue weighted by atomic mass is 10.2. The van der Waals surface area contributed by atoms with Crippen LogP contribution < -0.4 is 10.6 Å². The molecule has 5 nitrogen and oxygen atoms in total. The van der Waals surface area contributed by atoms with Gasteiger partial charge in [0.1, 0.15) is 11.9 Å². The molecule has 25 heavy (non-hydrogen) atoms. The van der Waals surface area contributed by atoms with E-state index in [1.165, 1.54) is 0 Å². The monoisotopic (exact) mass is 369 g/mol. The minimum absolute atomic E-state index is 0.369. The van der Waals surface area contributed by atoms with Crippen LogP contribution >= 0.6 is 23.2 Å². The predicted octanol–water partition coefficient (Wildman–Crippen LogP) is 5.45. The molecule has 0 aliphatic carbocycles. The van der Waals surface area contributed by atoms with E-state index < -0.39 is 0 Å². The highest BCUT2D eigenvalue weighted by atomic mass is 35.5. The molecule has 0 radical (unpaired) electrons. The predicted molar refractivity (Wildman–Crippen MR) is 101 cm³/mol. The summed E-state index contributed by atoms with van der Waals surface area (Å²) in [5, 5.41) is 16.4. The average Bonchev–Trinajstić information content (AvgIpc) is 2.58. The Balaban J connectivity index is 1.92. The SMILES string of the molecule is Cc1cc(Nc2c(Cl)cccc2Cl)nc(Nc2ccccc2C#N)n1. The summed E-state index contributed by atoms with van der Waals surface area (Å²) in [7, 11) is 0. The molecule has 0 unspecified atom stereocenters. The third kappa shape index (κ3) is 4.00. The second kappa shape index (κ2) is 7.39. The molecule has 1 heterocycles. The van der Waals surface area contributed by atoms with Gasteiger partial charge in [-0.25, -0.2) is 4.98 Å². The number of halogens is 2. The highest BCUT2D eigenvalue weighted by molar-refractivity contribution is 6.39. The zero-order valence-electron chi connectivity index (χ0n) is 13.2. The second-order valence-electron chi connectivity index (χ2n) is 5.22. The molecule has 7 heteroatoms. The molecule has 0 atom stereocenters. The Morgan fingerprint density at radius 2 is 1.68 bits per heavy atom. The van der Waals surface area contributed by atoms with Crippen molar-refractivity contribution in [1.29, 1.82) is 5.26 Å². The lowest BCUT2D eigenvalue weighted by Gasteiger charge is -2.12. The molecular formula is C18H13Cl2N5. The van der Waals surface area contributed by atoms with Crippen molar-refractivity contribution in [3.8, 4) is 6.07 Å². The molecule has 0 fully saturated rings. The van der Waals surface area contributed by atoms with Crippen LogP contribution in [0.3, 0.4) is 0 Å². The van der Waals surface area contributed by atoms with Gasteiger partial charge in [0.2, 0.25) is 5.95 Å². The molecular weight excluding hydrogens is 357 g/mol. The van der Waals surface area contributed by atoms with Gasteiger partial charge in [-0.3, -0.25) is 0 Å². The molecule has 1 aromatic heterocycles. The van der Waals surface area contributed by atoms with Gasteiger partial charge in [-0.15, -0.1) is 0 Å². The summed E-state index contributed by atoms with van der Waals surface area (Å²) in [6, 6.07) is 16.3. The van der Waals surface area contributed by atoms with E-state index in [2.05, 4.69) is 26.7 Å². The molecule has 0 bridgehead atoms. The molecule has 0 aliphatic rings. The van der Waals surface area contributed by atoms with E-state index in [0.717, 1.165) is 5.69 Å². The summed E-state index contributed by atoms with van der Waals surface area (Å²) in [6.07, 6.45) is 0. The van der Waals surface area contributed by atoms with E-state index in [1.807, 2.05) is 13.0 Å². The Morgan fingerprint density at radius 1 is 0.960 bits per heavy atom. The number of aromatic nitrogens is 2. The van der Waals surface area contributed by atoms with Crippen molar-refractivity contribution >= 4 is 46.3 Å². The molecule has 0 spiro atoms. The van der Waals surface area contributed by atoms with Crippen molar-refractivity contribution in [2.45, 2.75) is 6.92 Å². The third-order valence-corrected chi connectivity index (χ3v) is 3.99. The maximum Gasteiger partial charge on any atom is 0.229 e. The first-order chi connectivity index (χ1) is 12.1. The fraction of sp³-hybridized carbons (Fsp3) is 0.0556. The van der Waals surface area contributed by atoms with Crippen LogP contribution in [-0.2, 0) is 0 Å². The molecule has 124 valence electrons. The standard InChI is InChI=1S/C18H13Cl2N5/c1-11-9-16(24-17-13(19)6-4-7-14(17)20)25-18(22-11)23-15-8-3-2-5-12(15)10-21/h2-9H,1H3,(H2,22,23,24,25). The topological polar surface area (TPSA) is 73.6 Å². The van der Waals surface area contributed by atoms with Crippen LogP contribution in [0.1, 0.15) is 11.3 Å². The number of anilines is 4. The molecule has 0 saturated heterocycles. The lowest BCUT2D eigenvalue weighted by Crippen LogP contribution is -2.03. The van der Waals surface area contributed by atoms with Crippen molar-refractivity contribution in [2.75, 3.05) is 10.6 Å². The van der Waals surface area contributed by atoms with E-state index in [-0.39, 0.29) is 0 Å². The number of aryl methyl sites for hydroxylation is 1. The zero-order chi connectivity index (χ0) is 17.8. The molecule has 2 aromatic carbocycles. The van der Waals surface area contributed by atoms with E-state index in [9.17, 15) is 5.26 Å². The van der Waals surface area contributed by atoms with Crippen LogP contribution in [0.4, 0.5) is 23.1 Å². The fourth-order valence-corrected chi connectivity index (χ4v) is 2.74. The maximum atomic E-state index is 9.19. The summed E-state index contributed by atoms with van der Waals surface area (Å²) in [6.45, 7) is 1.85. The number of benzene rings is 2. The number of rotatable bonds is 4. The normalized spacial score (nSPS) is 10.2. The van der Waals surface area contributed by atoms with Crippen LogP contribution in [-0.4, -0.2) is 9.97 Å². The molecule has 3 aromatic rings. The average molecular weight is 370 g/mol. The smallest absolute Gasteiger partial charge is 0.229 e. The summed E-state index contributed by atoms with van der Waals surface area (Å²) < 4.78 is 0. The zero-order valence-corrected chi connectivity index (χ0v) is 14.7. The Bertz CT molecular complexity index is 946. The first-order valence-electron chi connectivity index (χ1n) is 7.39. The third-order valence-electron chi connectivity index (χ3n) is 3.36. The van der Waals surface area contributed by atoms with Crippen molar-refractivity contribution in [3.05, 3.63) is 69.8 Å². The molecule has 2 N–H and O–H groups in total. The van der Waals surface area contributed by atoms with Crippen molar-refractivity contribution in [3.63, 3.8) is 0 Å². The number of nitrogens with zero attached hydrogens (tertiary/aromatic N) is 3. The van der Waals surface area contributed by atoms with Crippen LogP contribution in [0.15, 0.2) is 48.5 Å². The maximum absolute atomic E-state index is 9.19. The second-order valence-corrected chi connectivity index (χ2v) is 6.04. The van der Waals surface area contributed by atoms with Gasteiger partial charge in [0.05, 0.1) is 27.0 Å². The fourth-order valence-electron chi connectivity index (χ4n) is 2.24. The van der Waals surface area contributed by atoms with Gasteiger partial charge in [0, 0.05) is 11.8 Å². The first-order valence-corrected chi connectivity index (χ1v) is 8.15. The first kappa shape index (κ1) is 17.0. The summed E-state index contributed by atoms with van der Waals surface area (Å²) in [5.74, 6) is 0.910. The van der Waals surface area contributed by atoms with E-state index in [4.69, 9.17) is 23.2 Å². The Kier molecular flexibility index (Phi) is 5.03. The summed E-state index contributed by atoms with van der Waals surface area (Å²) in [4.78, 5) is 8.78. The van der Waals surface area contributed by atoms with Gasteiger partial charge in [0.25, 0.3) is 0 Å². The van der Waals surface area contributed by atoms with Crippen LogP contribution in [0.2, 0.25) is 10.0 Å². The summed E-state index contributed by atoms with van der Waals surface area (Å²) in [5.41, 5.74) is 2.47. The van der Waals surface area contributed by atoms with Gasteiger partial charge < -0.3 is 10.6 Å². The number of hydrogen-bond donors (Lipinski definition) is 2. The quantitative estimate of drug-likeness (QED) is 0.639. The van der Waals surface area contributed by atoms with Crippen LogP contribution in [0, 0.1) is 18.3 Å². The minimum Gasteiger partial charge on any atom is -0.338 e. The van der Waals surface area contributed by atoms with Gasteiger partial charge >= 0.3 is 0 Å². The van der Waals surface area contributed by atoms with E-state index in [0.29, 0.717) is 38.7 Å². The highest BCUT2D eigenvalue weighted by Gasteiger charge is 2.09. The van der Waals surface area contributed by atoms with E-state index >= 15 is 0 Å². The summed E-state index contributed by atoms with van der Waals surface area (Å²) >= 11 is 12.4. The largest absolute Gasteiger partial charge is 0.338 e. The van der Waals surface area contributed by atoms with Gasteiger partial charge in [-0.05, 0) is 31.2 Å². The Labute approximate surface area is 155 Å². The number of hydrogen-bond acceptors (Lipinski definition) is 5. The van der Waals surface area contributed by atoms with Crippen molar-refractivity contribution in [2.24, 2.45) is 0 Å². The molecule has 0 saturated carbocycles. The van der Waals surface area contributed by atoms with E-state index in [1.54, 1.807) is 42.5 Å². The minimum atomic E-state index is 0.369. The van der Waals surface area contributed by atoms with Crippen LogP contribution in [0.5, 0.6) is 0 Å². The molecule has 3 rings (SSSR count). The van der Waals surface area contributed by atoms with Crippen molar-refractivity contribution < 1.29 is 0 Å². The number of nitriles is 1. The number of nitrogens with one attached hydrogen (secondary N) is 2. The highest BCUT2D eigenvalue weighted by Crippen LogP contribution is 2.32. The van der Waals surface area contributed by atoms with Crippen molar-refractivity contribution in [1.82, 2.24) is 9.97 Å². The van der Waals surface area contributed by atoms with Gasteiger partial charge in [-0.1, -0.05) is 41.4 Å². The molecule has 0 amide bonds. The molecule has 0 aliphatic heterocycles. The van der Waals surface area contributed by atoms with Gasteiger partial charge in [-0.2, -0.15) is 10.2 Å². The van der Waals surface area contributed by atoms with Gasteiger partial charge in [0.15, 0.2) is 0 Å². The van der Waals surface area contributed by atoms with Crippen LogP contribution in [0.25, 0.3) is 0 Å². The Hall–Kier alpha value is -2.81. The lowest BCUT2D eigenvalue weighted by molar-refractivity contribution is 1.11. The Morgan fingerprint density at radius 3 is 2.40 bits per heavy atom.